The topological polar surface area (TPSA) is 67.2 Å². The van der Waals surface area contributed by atoms with Crippen LogP contribution in [-0.2, 0) is 5.75 Å². The molecule has 24 heavy (non-hydrogen) atoms. The fourth-order valence-electron chi connectivity index (χ4n) is 1.88. The van der Waals surface area contributed by atoms with E-state index >= 15 is 0 Å². The van der Waals surface area contributed by atoms with Gasteiger partial charge in [0, 0.05) is 35.9 Å². The zero-order valence-electron chi connectivity index (χ0n) is 12.7. The molecule has 8 heteroatoms. The highest BCUT2D eigenvalue weighted by molar-refractivity contribution is 7.98. The van der Waals surface area contributed by atoms with Crippen LogP contribution in [0.4, 0.5) is 15.8 Å². The molecule has 0 saturated heterocycles. The molecule has 0 heterocycles. The molecular formula is C16H16FN3O2S2. The molecule has 0 aliphatic rings. The van der Waals surface area contributed by atoms with E-state index in [1.54, 1.807) is 36.0 Å². The van der Waals surface area contributed by atoms with Crippen LogP contribution in [-0.4, -0.2) is 22.3 Å². The van der Waals surface area contributed by atoms with Crippen molar-refractivity contribution < 1.29 is 9.31 Å². The number of anilines is 1. The summed E-state index contributed by atoms with van der Waals surface area (Å²) in [6.45, 7) is 0.637. The first kappa shape index (κ1) is 18.2. The molecule has 0 spiro atoms. The minimum absolute atomic E-state index is 0.0315. The van der Waals surface area contributed by atoms with E-state index in [0.29, 0.717) is 28.7 Å². The van der Waals surface area contributed by atoms with Crippen LogP contribution in [0.1, 0.15) is 5.56 Å². The molecular weight excluding hydrogens is 349 g/mol. The van der Waals surface area contributed by atoms with Crippen LogP contribution < -0.4 is 10.6 Å². The number of benzene rings is 2. The molecule has 2 N–H and O–H groups in total. The Labute approximate surface area is 148 Å². The van der Waals surface area contributed by atoms with E-state index in [9.17, 15) is 14.5 Å². The summed E-state index contributed by atoms with van der Waals surface area (Å²) in [4.78, 5) is 10.1. The highest BCUT2D eigenvalue weighted by Crippen LogP contribution is 2.16. The Morgan fingerprint density at radius 1 is 1.21 bits per heavy atom. The number of hydrogen-bond donors (Lipinski definition) is 2. The number of non-ortho nitro benzene ring substituents is 1. The lowest BCUT2D eigenvalue weighted by Crippen LogP contribution is -2.30. The molecule has 126 valence electrons. The lowest BCUT2D eigenvalue weighted by atomic mass is 10.2. The second-order valence-corrected chi connectivity index (χ2v) is 6.34. The van der Waals surface area contributed by atoms with E-state index in [0.717, 1.165) is 5.75 Å². The van der Waals surface area contributed by atoms with Gasteiger partial charge in [-0.15, -0.1) is 0 Å². The minimum atomic E-state index is -0.451. The Morgan fingerprint density at radius 3 is 2.58 bits per heavy atom. The van der Waals surface area contributed by atoms with Gasteiger partial charge in [0.25, 0.3) is 5.69 Å². The van der Waals surface area contributed by atoms with Crippen molar-refractivity contribution >= 4 is 40.5 Å². The van der Waals surface area contributed by atoms with Crippen molar-refractivity contribution in [2.45, 2.75) is 5.75 Å². The maximum Gasteiger partial charge on any atom is 0.269 e. The molecule has 0 aromatic heterocycles. The van der Waals surface area contributed by atoms with Crippen LogP contribution in [0.2, 0.25) is 0 Å². The zero-order valence-corrected chi connectivity index (χ0v) is 14.3. The van der Waals surface area contributed by atoms with Crippen molar-refractivity contribution in [3.8, 4) is 0 Å². The number of thiocarbonyl (C=S) groups is 1. The summed E-state index contributed by atoms with van der Waals surface area (Å²) in [5.74, 6) is 1.20. The third-order valence-electron chi connectivity index (χ3n) is 3.08. The van der Waals surface area contributed by atoms with E-state index in [4.69, 9.17) is 12.2 Å². The van der Waals surface area contributed by atoms with E-state index in [1.807, 2.05) is 6.07 Å². The van der Waals surface area contributed by atoms with Gasteiger partial charge in [0.15, 0.2) is 5.11 Å². The molecule has 2 rings (SSSR count). The summed E-state index contributed by atoms with van der Waals surface area (Å²) in [7, 11) is 0. The van der Waals surface area contributed by atoms with Crippen LogP contribution >= 0.6 is 24.0 Å². The zero-order chi connectivity index (χ0) is 17.4. The highest BCUT2D eigenvalue weighted by atomic mass is 32.2. The molecule has 0 amide bonds. The second kappa shape index (κ2) is 9.19. The lowest BCUT2D eigenvalue weighted by Gasteiger charge is -2.10. The SMILES string of the molecule is O=[N+]([O-])c1ccc(NC(=S)NCCSCc2ccccc2F)cc1. The fourth-order valence-corrected chi connectivity index (χ4v) is 2.94. The van der Waals surface area contributed by atoms with Crippen LogP contribution in [0, 0.1) is 15.9 Å². The van der Waals surface area contributed by atoms with Gasteiger partial charge >= 0.3 is 0 Å². The van der Waals surface area contributed by atoms with E-state index in [1.165, 1.54) is 18.2 Å². The smallest absolute Gasteiger partial charge is 0.269 e. The number of nitro benzene ring substituents is 1. The third-order valence-corrected chi connectivity index (χ3v) is 4.34. The summed E-state index contributed by atoms with van der Waals surface area (Å²) < 4.78 is 13.4. The predicted molar refractivity (Wildman–Crippen MR) is 99.9 cm³/mol. The maximum absolute atomic E-state index is 13.4. The lowest BCUT2D eigenvalue weighted by molar-refractivity contribution is -0.384. The average Bonchev–Trinajstić information content (AvgIpc) is 2.56. The first-order valence-corrected chi connectivity index (χ1v) is 8.73. The Hall–Kier alpha value is -2.19. The normalized spacial score (nSPS) is 10.2. The highest BCUT2D eigenvalue weighted by Gasteiger charge is 2.05. The number of nitrogens with one attached hydrogen (secondary N) is 2. The summed E-state index contributed by atoms with van der Waals surface area (Å²) in [6.07, 6.45) is 0. The molecule has 0 aliphatic carbocycles. The van der Waals surface area contributed by atoms with Crippen LogP contribution in [0.15, 0.2) is 48.5 Å². The quantitative estimate of drug-likeness (QED) is 0.335. The summed E-state index contributed by atoms with van der Waals surface area (Å²) in [5.41, 5.74) is 1.40. The summed E-state index contributed by atoms with van der Waals surface area (Å²) >= 11 is 6.77. The minimum Gasteiger partial charge on any atom is -0.362 e. The monoisotopic (exact) mass is 365 g/mol. The molecule has 0 fully saturated rings. The van der Waals surface area contributed by atoms with Gasteiger partial charge < -0.3 is 10.6 Å². The Kier molecular flexibility index (Phi) is 6.95. The third kappa shape index (κ3) is 5.78. The van der Waals surface area contributed by atoms with Crippen molar-refractivity contribution in [1.29, 1.82) is 0 Å². The predicted octanol–water partition coefficient (Wildman–Crippen LogP) is 3.95. The average molecular weight is 365 g/mol. The van der Waals surface area contributed by atoms with Gasteiger partial charge in [-0.25, -0.2) is 4.39 Å². The molecule has 0 atom stereocenters. The Bertz CT molecular complexity index is 711. The van der Waals surface area contributed by atoms with Crippen molar-refractivity contribution in [2.75, 3.05) is 17.6 Å². The van der Waals surface area contributed by atoms with Crippen LogP contribution in [0.25, 0.3) is 0 Å². The van der Waals surface area contributed by atoms with Gasteiger partial charge in [0.2, 0.25) is 0 Å². The van der Waals surface area contributed by atoms with Gasteiger partial charge in [-0.1, -0.05) is 18.2 Å². The molecule has 5 nitrogen and oxygen atoms in total. The second-order valence-electron chi connectivity index (χ2n) is 4.83. The Morgan fingerprint density at radius 2 is 1.92 bits per heavy atom. The first-order valence-electron chi connectivity index (χ1n) is 7.17. The summed E-state index contributed by atoms with van der Waals surface area (Å²) in [6, 6.07) is 12.7. The first-order chi connectivity index (χ1) is 11.6. The van der Waals surface area contributed by atoms with E-state index < -0.39 is 4.92 Å². The molecule has 0 radical (unpaired) electrons. The van der Waals surface area contributed by atoms with Gasteiger partial charge in [-0.2, -0.15) is 11.8 Å². The number of rotatable bonds is 7. The molecule has 2 aromatic carbocycles. The number of thioether (sulfide) groups is 1. The van der Waals surface area contributed by atoms with Crippen molar-refractivity contribution in [3.05, 3.63) is 70.0 Å². The summed E-state index contributed by atoms with van der Waals surface area (Å²) in [5, 5.41) is 17.0. The number of nitro groups is 1. The maximum atomic E-state index is 13.4. The number of halogens is 1. The van der Waals surface area contributed by atoms with Gasteiger partial charge in [0.1, 0.15) is 5.82 Å². The van der Waals surface area contributed by atoms with Crippen molar-refractivity contribution in [2.24, 2.45) is 0 Å². The molecule has 2 aromatic rings. The van der Waals surface area contributed by atoms with Crippen LogP contribution in [0.5, 0.6) is 0 Å². The standard InChI is InChI=1S/C16H16FN3O2S2/c17-15-4-2-1-3-12(15)11-24-10-9-18-16(23)19-13-5-7-14(8-6-13)20(21)22/h1-8H,9-11H2,(H2,18,19,23). The van der Waals surface area contributed by atoms with Crippen molar-refractivity contribution in [1.82, 2.24) is 5.32 Å². The van der Waals surface area contributed by atoms with E-state index in [2.05, 4.69) is 10.6 Å². The van der Waals surface area contributed by atoms with Gasteiger partial charge in [-0.3, -0.25) is 10.1 Å². The van der Waals surface area contributed by atoms with Crippen LogP contribution in [0.3, 0.4) is 0 Å². The molecule has 0 saturated carbocycles. The molecule has 0 unspecified atom stereocenters. The number of hydrogen-bond acceptors (Lipinski definition) is 4. The molecule has 0 bridgehead atoms. The fraction of sp³-hybridized carbons (Fsp3) is 0.188. The molecule has 0 aliphatic heterocycles. The van der Waals surface area contributed by atoms with E-state index in [-0.39, 0.29) is 11.5 Å². The van der Waals surface area contributed by atoms with Gasteiger partial charge in [-0.05, 0) is 36.0 Å². The Balaban J connectivity index is 1.66. The largest absolute Gasteiger partial charge is 0.362 e. The van der Waals surface area contributed by atoms with Gasteiger partial charge in [0.05, 0.1) is 4.92 Å². The number of nitrogens with zero attached hydrogens (tertiary/aromatic N) is 1. The van der Waals surface area contributed by atoms with Crippen molar-refractivity contribution in [3.63, 3.8) is 0 Å².